The topological polar surface area (TPSA) is 36.0 Å². The van der Waals surface area contributed by atoms with Gasteiger partial charge in [-0.25, -0.2) is 4.79 Å². The summed E-state index contributed by atoms with van der Waals surface area (Å²) >= 11 is 0. The van der Waals surface area contributed by atoms with Crippen LogP contribution in [0.2, 0.25) is 0 Å². The molecule has 0 aromatic heterocycles. The van der Waals surface area contributed by atoms with Gasteiger partial charge in [0.2, 0.25) is 0 Å². The molecule has 0 spiro atoms. The van der Waals surface area contributed by atoms with E-state index in [9.17, 15) is 4.79 Å². The van der Waals surface area contributed by atoms with Gasteiger partial charge >= 0.3 is 6.09 Å². The van der Waals surface area contributed by atoms with Crippen LogP contribution in [0.4, 0.5) is 10.5 Å². The zero-order chi connectivity index (χ0) is 16.1. The van der Waals surface area contributed by atoms with Gasteiger partial charge in [-0.3, -0.25) is 4.90 Å². The van der Waals surface area contributed by atoms with Crippen molar-refractivity contribution in [1.29, 1.82) is 0 Å². The lowest BCUT2D eigenvalue weighted by Gasteiger charge is -2.32. The Bertz CT molecular complexity index is 604. The Hall–Kier alpha value is -1.75. The van der Waals surface area contributed by atoms with Crippen molar-refractivity contribution in [3.8, 4) is 5.75 Å². The van der Waals surface area contributed by atoms with Gasteiger partial charge in [0, 0.05) is 38.3 Å². The minimum Gasteiger partial charge on any atom is -0.410 e. The number of rotatable bonds is 2. The molecule has 1 unspecified atom stereocenters. The second-order valence-electron chi connectivity index (χ2n) is 6.69. The molecule has 3 rings (SSSR count). The van der Waals surface area contributed by atoms with E-state index in [1.54, 1.807) is 11.9 Å². The number of likely N-dealkylation sites (N-methyl/N-ethyl adjacent to an activating group) is 2. The first kappa shape index (κ1) is 15.2. The van der Waals surface area contributed by atoms with Crippen LogP contribution >= 0.6 is 0 Å². The molecular weight excluding hydrogens is 278 g/mol. The number of anilines is 1. The first-order valence-corrected chi connectivity index (χ1v) is 7.89. The van der Waals surface area contributed by atoms with Crippen molar-refractivity contribution in [3.05, 3.63) is 23.8 Å². The van der Waals surface area contributed by atoms with Gasteiger partial charge in [-0.2, -0.15) is 0 Å². The van der Waals surface area contributed by atoms with Crippen molar-refractivity contribution in [3.63, 3.8) is 0 Å². The second kappa shape index (κ2) is 5.16. The third-order valence-corrected chi connectivity index (χ3v) is 5.29. The molecule has 2 atom stereocenters. The minimum atomic E-state index is -0.306. The molecule has 22 heavy (non-hydrogen) atoms. The van der Waals surface area contributed by atoms with Crippen LogP contribution in [0, 0.1) is 0 Å². The smallest absolute Gasteiger partial charge is 0.410 e. The Morgan fingerprint density at radius 1 is 1.45 bits per heavy atom. The van der Waals surface area contributed by atoms with E-state index in [0.29, 0.717) is 18.5 Å². The minimum absolute atomic E-state index is 0.0951. The van der Waals surface area contributed by atoms with E-state index in [1.165, 1.54) is 11.3 Å². The highest BCUT2D eigenvalue weighted by molar-refractivity contribution is 5.72. The Kier molecular flexibility index (Phi) is 3.56. The van der Waals surface area contributed by atoms with Crippen LogP contribution in [0.3, 0.4) is 0 Å². The van der Waals surface area contributed by atoms with Crippen LogP contribution < -0.4 is 9.64 Å². The largest absolute Gasteiger partial charge is 0.414 e. The molecule has 5 nitrogen and oxygen atoms in total. The monoisotopic (exact) mass is 303 g/mol. The SMILES string of the molecule is CCN(C)C(=O)Oc1ccc2c(c1)[C@]1(C)CCN(C)C1N2C. The fourth-order valence-electron chi connectivity index (χ4n) is 3.93. The van der Waals surface area contributed by atoms with E-state index in [0.717, 1.165) is 13.0 Å². The molecule has 0 radical (unpaired) electrons. The summed E-state index contributed by atoms with van der Waals surface area (Å²) in [6.45, 7) is 5.97. The number of fused-ring (bicyclic) bond motifs is 3. The first-order chi connectivity index (χ1) is 10.4. The number of ether oxygens (including phenoxy) is 1. The number of nitrogens with zero attached hydrogens (tertiary/aromatic N) is 3. The van der Waals surface area contributed by atoms with Crippen molar-refractivity contribution in [2.45, 2.75) is 31.8 Å². The Balaban J connectivity index is 1.92. The molecule has 0 saturated carbocycles. The summed E-state index contributed by atoms with van der Waals surface area (Å²) in [5.41, 5.74) is 2.62. The summed E-state index contributed by atoms with van der Waals surface area (Å²) in [6, 6.07) is 6.01. The predicted octanol–water partition coefficient (Wildman–Crippen LogP) is 2.51. The molecule has 0 N–H and O–H groups in total. The summed E-state index contributed by atoms with van der Waals surface area (Å²) in [6.07, 6.45) is 1.20. The molecule has 1 aromatic rings. The first-order valence-electron chi connectivity index (χ1n) is 7.89. The number of hydrogen-bond acceptors (Lipinski definition) is 4. The average Bonchev–Trinajstić information content (AvgIpc) is 2.92. The fourth-order valence-corrected chi connectivity index (χ4v) is 3.93. The summed E-state index contributed by atoms with van der Waals surface area (Å²) in [5.74, 6) is 0.633. The standard InChI is InChI=1S/C17H25N3O2/c1-6-18(3)16(21)22-12-7-8-14-13(11-12)17(2)9-10-19(4)15(17)20(14)5/h7-8,11,15H,6,9-10H2,1-5H3/t15?,17-/m0/s1. The maximum Gasteiger partial charge on any atom is 0.414 e. The van der Waals surface area contributed by atoms with Crippen LogP contribution in [-0.4, -0.2) is 56.3 Å². The highest BCUT2D eigenvalue weighted by Gasteiger charge is 2.52. The number of hydrogen-bond donors (Lipinski definition) is 0. The number of benzene rings is 1. The van der Waals surface area contributed by atoms with Gasteiger partial charge in [0.25, 0.3) is 0 Å². The van der Waals surface area contributed by atoms with E-state index in [4.69, 9.17) is 4.74 Å². The average molecular weight is 303 g/mol. The van der Waals surface area contributed by atoms with Crippen LogP contribution in [-0.2, 0) is 5.41 Å². The van der Waals surface area contributed by atoms with Crippen LogP contribution in [0.25, 0.3) is 0 Å². The lowest BCUT2D eigenvalue weighted by molar-refractivity contribution is 0.165. The number of likely N-dealkylation sites (tertiary alicyclic amines) is 1. The van der Waals surface area contributed by atoms with Crippen LogP contribution in [0.15, 0.2) is 18.2 Å². The molecule has 2 aliphatic rings. The van der Waals surface area contributed by atoms with E-state index in [1.807, 2.05) is 19.1 Å². The summed E-state index contributed by atoms with van der Waals surface area (Å²) in [5, 5.41) is 0. The van der Waals surface area contributed by atoms with Crippen molar-refractivity contribution < 1.29 is 9.53 Å². The molecule has 1 saturated heterocycles. The van der Waals surface area contributed by atoms with Gasteiger partial charge in [0.15, 0.2) is 0 Å². The lowest BCUT2D eigenvalue weighted by atomic mass is 9.81. The van der Waals surface area contributed by atoms with E-state index in [-0.39, 0.29) is 11.5 Å². The quantitative estimate of drug-likeness (QED) is 0.841. The lowest BCUT2D eigenvalue weighted by Crippen LogP contribution is -2.45. The molecule has 1 aromatic carbocycles. The number of carbonyl (C=O) groups excluding carboxylic acids is 1. The highest BCUT2D eigenvalue weighted by Crippen LogP contribution is 2.51. The summed E-state index contributed by atoms with van der Waals surface area (Å²) < 4.78 is 5.50. The Morgan fingerprint density at radius 3 is 2.86 bits per heavy atom. The third-order valence-electron chi connectivity index (χ3n) is 5.29. The van der Waals surface area contributed by atoms with Crippen molar-refractivity contribution >= 4 is 11.8 Å². The Morgan fingerprint density at radius 2 is 2.18 bits per heavy atom. The van der Waals surface area contributed by atoms with Crippen LogP contribution in [0.5, 0.6) is 5.75 Å². The summed E-state index contributed by atoms with van der Waals surface area (Å²) in [7, 11) is 6.06. The van der Waals surface area contributed by atoms with Crippen molar-refractivity contribution in [2.75, 3.05) is 39.1 Å². The highest BCUT2D eigenvalue weighted by atomic mass is 16.6. The maximum atomic E-state index is 12.0. The molecule has 1 amide bonds. The predicted molar refractivity (Wildman–Crippen MR) is 87.6 cm³/mol. The van der Waals surface area contributed by atoms with Gasteiger partial charge in [-0.05, 0) is 44.2 Å². The molecule has 0 bridgehead atoms. The van der Waals surface area contributed by atoms with Crippen molar-refractivity contribution in [1.82, 2.24) is 9.80 Å². The molecule has 5 heteroatoms. The second-order valence-corrected chi connectivity index (χ2v) is 6.69. The zero-order valence-electron chi connectivity index (χ0n) is 14.1. The Labute approximate surface area is 132 Å². The normalized spacial score (nSPS) is 26.8. The molecule has 1 fully saturated rings. The van der Waals surface area contributed by atoms with Gasteiger partial charge < -0.3 is 14.5 Å². The molecular formula is C17H25N3O2. The van der Waals surface area contributed by atoms with Crippen molar-refractivity contribution in [2.24, 2.45) is 0 Å². The van der Waals surface area contributed by atoms with Gasteiger partial charge in [0.1, 0.15) is 5.75 Å². The van der Waals surface area contributed by atoms with E-state index < -0.39 is 0 Å². The summed E-state index contributed by atoms with van der Waals surface area (Å²) in [4.78, 5) is 18.3. The third kappa shape index (κ3) is 2.07. The molecule has 120 valence electrons. The fraction of sp³-hybridized carbons (Fsp3) is 0.588. The van der Waals surface area contributed by atoms with E-state index >= 15 is 0 Å². The van der Waals surface area contributed by atoms with Gasteiger partial charge in [0.05, 0.1) is 6.17 Å². The number of amides is 1. The molecule has 2 heterocycles. The van der Waals surface area contributed by atoms with Crippen LogP contribution in [0.1, 0.15) is 25.8 Å². The maximum absolute atomic E-state index is 12.0. The number of carbonyl (C=O) groups is 1. The molecule has 0 aliphatic carbocycles. The molecule has 2 aliphatic heterocycles. The van der Waals surface area contributed by atoms with Gasteiger partial charge in [-0.1, -0.05) is 6.92 Å². The van der Waals surface area contributed by atoms with Gasteiger partial charge in [-0.15, -0.1) is 0 Å². The zero-order valence-corrected chi connectivity index (χ0v) is 14.1. The van der Waals surface area contributed by atoms with E-state index in [2.05, 4.69) is 36.9 Å².